The average Bonchev–Trinajstić information content (AvgIpc) is 3.44. The second-order valence-electron chi connectivity index (χ2n) is 10.1. The molecule has 1 spiro atoms. The fourth-order valence-corrected chi connectivity index (χ4v) is 6.70. The Labute approximate surface area is 248 Å². The number of para-hydroxylation sites is 1. The van der Waals surface area contributed by atoms with Gasteiger partial charge in [-0.2, -0.15) is 0 Å². The van der Waals surface area contributed by atoms with Gasteiger partial charge in [-0.1, -0.05) is 59.2 Å². The number of piperidine rings is 1. The first-order valence-electron chi connectivity index (χ1n) is 13.6. The molecule has 210 valence electrons. The van der Waals surface area contributed by atoms with Crippen molar-refractivity contribution < 1.29 is 14.3 Å². The summed E-state index contributed by atoms with van der Waals surface area (Å²) >= 11 is 14.3. The summed E-state index contributed by atoms with van der Waals surface area (Å²) < 4.78 is 11.6. The number of halogens is 2. The van der Waals surface area contributed by atoms with Crippen LogP contribution in [0.1, 0.15) is 28.8 Å². The molecule has 3 saturated heterocycles. The second kappa shape index (κ2) is 12.1. The number of likely N-dealkylation sites (tertiary alicyclic amines) is 1. The number of anilines is 2. The SMILES string of the molecule is O=C(c1ccc(CSc2nc(Cl)cc(N3CCN(c4ccccc4Cl)CC3)n2)cc1)N1CCC2(CC1)OCCO2. The maximum absolute atomic E-state index is 13.0. The number of amides is 1. The van der Waals surface area contributed by atoms with Gasteiger partial charge in [-0.15, -0.1) is 0 Å². The third-order valence-corrected chi connectivity index (χ3v) is 9.08. The molecule has 11 heteroatoms. The largest absolute Gasteiger partial charge is 0.367 e. The highest BCUT2D eigenvalue weighted by atomic mass is 35.5. The van der Waals surface area contributed by atoms with Gasteiger partial charge < -0.3 is 24.2 Å². The third kappa shape index (κ3) is 6.19. The number of nitrogens with zero attached hydrogens (tertiary/aromatic N) is 5. The minimum atomic E-state index is -0.481. The van der Waals surface area contributed by atoms with E-state index in [1.54, 1.807) is 0 Å². The van der Waals surface area contributed by atoms with E-state index in [-0.39, 0.29) is 5.91 Å². The quantitative estimate of drug-likeness (QED) is 0.212. The van der Waals surface area contributed by atoms with Crippen molar-refractivity contribution in [2.75, 3.05) is 62.3 Å². The van der Waals surface area contributed by atoms with Crippen LogP contribution in [0.3, 0.4) is 0 Å². The molecule has 0 radical (unpaired) electrons. The first-order valence-corrected chi connectivity index (χ1v) is 15.3. The normalized spacial score (nSPS) is 18.9. The average molecular weight is 601 g/mol. The molecular weight excluding hydrogens is 569 g/mol. The van der Waals surface area contributed by atoms with Gasteiger partial charge in [0.25, 0.3) is 5.91 Å². The van der Waals surface area contributed by atoms with E-state index in [4.69, 9.17) is 37.7 Å². The van der Waals surface area contributed by atoms with Crippen molar-refractivity contribution >= 4 is 52.4 Å². The number of hydrogen-bond acceptors (Lipinski definition) is 8. The Morgan fingerprint density at radius 3 is 2.25 bits per heavy atom. The fourth-order valence-electron chi connectivity index (χ4n) is 5.41. The molecule has 0 N–H and O–H groups in total. The molecule has 0 bridgehead atoms. The first-order chi connectivity index (χ1) is 19.5. The fraction of sp³-hybridized carbons (Fsp3) is 0.414. The second-order valence-corrected chi connectivity index (χ2v) is 11.9. The molecule has 3 aromatic rings. The topological polar surface area (TPSA) is 71.0 Å². The predicted molar refractivity (Wildman–Crippen MR) is 159 cm³/mol. The van der Waals surface area contributed by atoms with Crippen molar-refractivity contribution in [1.29, 1.82) is 0 Å². The number of aromatic nitrogens is 2. The molecule has 8 nitrogen and oxygen atoms in total. The van der Waals surface area contributed by atoms with Crippen LogP contribution < -0.4 is 9.80 Å². The summed E-state index contributed by atoms with van der Waals surface area (Å²) in [6.07, 6.45) is 1.43. The molecule has 2 aromatic carbocycles. The van der Waals surface area contributed by atoms with E-state index >= 15 is 0 Å². The Kier molecular flexibility index (Phi) is 8.37. The number of rotatable bonds is 6. The molecule has 6 rings (SSSR count). The maximum Gasteiger partial charge on any atom is 0.253 e. The predicted octanol–water partition coefficient (Wildman–Crippen LogP) is 5.38. The first kappa shape index (κ1) is 27.6. The number of piperazine rings is 1. The van der Waals surface area contributed by atoms with Crippen molar-refractivity contribution in [3.8, 4) is 0 Å². The van der Waals surface area contributed by atoms with Gasteiger partial charge in [0, 0.05) is 69.5 Å². The third-order valence-electron chi connectivity index (χ3n) is 7.65. The number of benzene rings is 2. The van der Waals surface area contributed by atoms with Gasteiger partial charge in [0.2, 0.25) is 0 Å². The highest BCUT2D eigenvalue weighted by molar-refractivity contribution is 7.98. The Morgan fingerprint density at radius 2 is 1.55 bits per heavy atom. The zero-order valence-electron chi connectivity index (χ0n) is 22.1. The van der Waals surface area contributed by atoms with Gasteiger partial charge in [0.15, 0.2) is 10.9 Å². The van der Waals surface area contributed by atoms with Crippen molar-refractivity contribution in [2.24, 2.45) is 0 Å². The van der Waals surface area contributed by atoms with E-state index in [9.17, 15) is 4.79 Å². The van der Waals surface area contributed by atoms with Crippen LogP contribution in [0.25, 0.3) is 0 Å². The highest BCUT2D eigenvalue weighted by Gasteiger charge is 2.40. The van der Waals surface area contributed by atoms with Crippen molar-refractivity contribution in [2.45, 2.75) is 29.5 Å². The minimum Gasteiger partial charge on any atom is -0.367 e. The minimum absolute atomic E-state index is 0.0458. The lowest BCUT2D eigenvalue weighted by Crippen LogP contribution is -2.47. The van der Waals surface area contributed by atoms with E-state index in [0.29, 0.717) is 60.8 Å². The van der Waals surface area contributed by atoms with Crippen LogP contribution in [-0.4, -0.2) is 79.0 Å². The molecule has 1 amide bonds. The maximum atomic E-state index is 13.0. The Balaban J connectivity index is 1.03. The Bertz CT molecular complexity index is 1340. The summed E-state index contributed by atoms with van der Waals surface area (Å²) in [5, 5.41) is 1.83. The van der Waals surface area contributed by atoms with Crippen molar-refractivity contribution in [3.05, 3.63) is 75.9 Å². The number of carbonyl (C=O) groups is 1. The molecule has 40 heavy (non-hydrogen) atoms. The number of ether oxygens (including phenoxy) is 2. The van der Waals surface area contributed by atoms with Gasteiger partial charge in [0.1, 0.15) is 11.0 Å². The summed E-state index contributed by atoms with van der Waals surface area (Å²) in [5.74, 6) is 1.07. The van der Waals surface area contributed by atoms with Crippen LogP contribution in [0.4, 0.5) is 11.5 Å². The summed E-state index contributed by atoms with van der Waals surface area (Å²) in [5.41, 5.74) is 2.84. The molecular formula is C29H31Cl2N5O3S. The number of thioether (sulfide) groups is 1. The summed E-state index contributed by atoms with van der Waals surface area (Å²) in [7, 11) is 0. The van der Waals surface area contributed by atoms with Crippen LogP contribution in [0.15, 0.2) is 59.8 Å². The molecule has 3 aliphatic heterocycles. The molecule has 1 aromatic heterocycles. The smallest absolute Gasteiger partial charge is 0.253 e. The lowest BCUT2D eigenvalue weighted by atomic mass is 10.0. The molecule has 0 aliphatic carbocycles. The molecule has 3 aliphatic rings. The lowest BCUT2D eigenvalue weighted by Gasteiger charge is -2.37. The van der Waals surface area contributed by atoms with E-state index in [0.717, 1.165) is 48.3 Å². The van der Waals surface area contributed by atoms with Crippen LogP contribution in [0.2, 0.25) is 10.2 Å². The Hall–Kier alpha value is -2.56. The van der Waals surface area contributed by atoms with Crippen molar-refractivity contribution in [1.82, 2.24) is 14.9 Å². The zero-order chi connectivity index (χ0) is 27.5. The standard InChI is InChI=1S/C29H31Cl2N5O3S/c30-23-3-1-2-4-24(23)34-13-15-35(16-14-34)26-19-25(31)32-28(33-26)40-20-21-5-7-22(8-6-21)27(37)36-11-9-29(10-12-36)38-17-18-39-29/h1-8,19H,9-18,20H2. The zero-order valence-corrected chi connectivity index (χ0v) is 24.4. The summed E-state index contributed by atoms with van der Waals surface area (Å²) in [6.45, 7) is 5.87. The van der Waals surface area contributed by atoms with Gasteiger partial charge >= 0.3 is 0 Å². The molecule has 0 atom stereocenters. The molecule has 4 heterocycles. The summed E-state index contributed by atoms with van der Waals surface area (Å²) in [4.78, 5) is 28.7. The molecule has 0 saturated carbocycles. The van der Waals surface area contributed by atoms with E-state index < -0.39 is 5.79 Å². The van der Waals surface area contributed by atoms with Crippen LogP contribution in [-0.2, 0) is 15.2 Å². The number of carbonyl (C=O) groups excluding carboxylic acids is 1. The van der Waals surface area contributed by atoms with Crippen LogP contribution in [0.5, 0.6) is 0 Å². The highest BCUT2D eigenvalue weighted by Crippen LogP contribution is 2.32. The van der Waals surface area contributed by atoms with Gasteiger partial charge in [-0.05, 0) is 29.8 Å². The van der Waals surface area contributed by atoms with Gasteiger partial charge in [-0.3, -0.25) is 4.79 Å². The summed E-state index contributed by atoms with van der Waals surface area (Å²) in [6, 6.07) is 17.5. The molecule has 3 fully saturated rings. The van der Waals surface area contributed by atoms with Crippen LogP contribution in [0, 0.1) is 0 Å². The van der Waals surface area contributed by atoms with Crippen LogP contribution >= 0.6 is 35.0 Å². The lowest BCUT2D eigenvalue weighted by molar-refractivity contribution is -0.181. The van der Waals surface area contributed by atoms with E-state index in [1.165, 1.54) is 11.8 Å². The van der Waals surface area contributed by atoms with Gasteiger partial charge in [0.05, 0.1) is 23.9 Å². The monoisotopic (exact) mass is 599 g/mol. The van der Waals surface area contributed by atoms with E-state index in [2.05, 4.69) is 20.9 Å². The number of hydrogen-bond donors (Lipinski definition) is 0. The Morgan fingerprint density at radius 1 is 0.875 bits per heavy atom. The van der Waals surface area contributed by atoms with Gasteiger partial charge in [-0.25, -0.2) is 9.97 Å². The van der Waals surface area contributed by atoms with E-state index in [1.807, 2.05) is 53.4 Å². The molecule has 0 unspecified atom stereocenters. The van der Waals surface area contributed by atoms with Crippen molar-refractivity contribution in [3.63, 3.8) is 0 Å².